The first-order valence-electron chi connectivity index (χ1n) is 12.4. The van der Waals surface area contributed by atoms with Gasteiger partial charge in [-0.25, -0.2) is 4.79 Å². The van der Waals surface area contributed by atoms with Gasteiger partial charge in [0.25, 0.3) is 14.2 Å². The standard InChI is InChI=1S/C26H42N2O6Si/c1-9-13-33-26(31)27-22-15-24(34-35(17(2)3,18(4)5)19(6)7)23(32-8)14-21(22)25(30)28-12-10-11-20(28)16-29/h9,14-15,17-20,29H,1,10-13,16H2,2-8H3,(H,27,31)/t20-/m0/s1. The van der Waals surface area contributed by atoms with E-state index in [4.69, 9.17) is 13.9 Å². The summed E-state index contributed by atoms with van der Waals surface area (Å²) in [5.74, 6) is 0.633. The van der Waals surface area contributed by atoms with Gasteiger partial charge in [0.05, 0.1) is 31.0 Å². The number of likely N-dealkylation sites (tertiary alicyclic amines) is 1. The molecule has 1 aliphatic rings. The minimum Gasteiger partial charge on any atom is -0.540 e. The Bertz CT molecular complexity index is 880. The molecule has 0 bridgehead atoms. The third-order valence-corrected chi connectivity index (χ3v) is 12.9. The molecule has 1 aliphatic heterocycles. The summed E-state index contributed by atoms with van der Waals surface area (Å²) in [5.41, 5.74) is 1.49. The van der Waals surface area contributed by atoms with Crippen LogP contribution in [0.1, 0.15) is 64.7 Å². The largest absolute Gasteiger partial charge is 0.540 e. The molecule has 35 heavy (non-hydrogen) atoms. The molecule has 0 spiro atoms. The molecule has 196 valence electrons. The van der Waals surface area contributed by atoms with Gasteiger partial charge in [-0.05, 0) is 35.5 Å². The van der Waals surface area contributed by atoms with E-state index in [1.54, 1.807) is 17.0 Å². The van der Waals surface area contributed by atoms with Gasteiger partial charge in [-0.1, -0.05) is 54.2 Å². The van der Waals surface area contributed by atoms with Crippen LogP contribution < -0.4 is 14.5 Å². The van der Waals surface area contributed by atoms with E-state index < -0.39 is 14.4 Å². The molecule has 9 heteroatoms. The lowest BCUT2D eigenvalue weighted by molar-refractivity contribution is 0.0678. The van der Waals surface area contributed by atoms with Crippen LogP contribution in [-0.2, 0) is 4.74 Å². The van der Waals surface area contributed by atoms with Gasteiger partial charge in [0.15, 0.2) is 5.75 Å². The molecule has 0 saturated carbocycles. The van der Waals surface area contributed by atoms with Gasteiger partial charge >= 0.3 is 6.09 Å². The summed E-state index contributed by atoms with van der Waals surface area (Å²) >= 11 is 0. The molecule has 1 heterocycles. The van der Waals surface area contributed by atoms with Crippen LogP contribution in [0, 0.1) is 0 Å². The number of aliphatic hydroxyl groups excluding tert-OH is 1. The molecule has 0 radical (unpaired) electrons. The maximum Gasteiger partial charge on any atom is 0.411 e. The second-order valence-electron chi connectivity index (χ2n) is 9.96. The van der Waals surface area contributed by atoms with Crippen LogP contribution in [0.2, 0.25) is 16.6 Å². The lowest BCUT2D eigenvalue weighted by atomic mass is 10.1. The molecule has 0 aliphatic carbocycles. The van der Waals surface area contributed by atoms with E-state index in [2.05, 4.69) is 53.4 Å². The van der Waals surface area contributed by atoms with Crippen molar-refractivity contribution in [1.82, 2.24) is 4.90 Å². The quantitative estimate of drug-likeness (QED) is 0.300. The number of hydrogen-bond donors (Lipinski definition) is 2. The van der Waals surface area contributed by atoms with Crippen molar-refractivity contribution in [2.75, 3.05) is 32.2 Å². The minimum atomic E-state index is -2.35. The van der Waals surface area contributed by atoms with Gasteiger partial charge in [0.1, 0.15) is 12.4 Å². The molecule has 2 N–H and O–H groups in total. The monoisotopic (exact) mass is 506 g/mol. The van der Waals surface area contributed by atoms with Gasteiger partial charge in [-0.3, -0.25) is 10.1 Å². The first-order chi connectivity index (χ1) is 16.5. The number of benzene rings is 1. The summed E-state index contributed by atoms with van der Waals surface area (Å²) in [6.45, 7) is 17.1. The zero-order valence-corrected chi connectivity index (χ0v) is 23.2. The SMILES string of the molecule is C=CCOC(=O)Nc1cc(O[Si](C(C)C)(C(C)C)C(C)C)c(OC)cc1C(=O)N1CCC[C@H]1CO. The van der Waals surface area contributed by atoms with E-state index >= 15 is 0 Å². The molecule has 1 atom stereocenters. The maximum absolute atomic E-state index is 13.5. The van der Waals surface area contributed by atoms with E-state index in [0.717, 1.165) is 12.8 Å². The van der Waals surface area contributed by atoms with Crippen molar-refractivity contribution in [2.45, 2.75) is 77.0 Å². The second-order valence-corrected chi connectivity index (χ2v) is 15.3. The minimum absolute atomic E-state index is 0.0391. The Morgan fingerprint density at radius 3 is 2.31 bits per heavy atom. The number of hydrogen-bond acceptors (Lipinski definition) is 6. The number of amides is 2. The zero-order chi connectivity index (χ0) is 26.3. The molecule has 1 fully saturated rings. The first kappa shape index (κ1) is 28.7. The van der Waals surface area contributed by atoms with Crippen molar-refractivity contribution in [2.24, 2.45) is 0 Å². The number of methoxy groups -OCH3 is 1. The third-order valence-electron chi connectivity index (χ3n) is 6.95. The predicted molar refractivity (Wildman–Crippen MR) is 141 cm³/mol. The summed E-state index contributed by atoms with van der Waals surface area (Å²) in [4.78, 5) is 27.6. The molecular weight excluding hydrogens is 464 g/mol. The highest BCUT2D eigenvalue weighted by molar-refractivity contribution is 6.78. The number of aliphatic hydroxyl groups is 1. The van der Waals surface area contributed by atoms with Gasteiger partial charge in [-0.15, -0.1) is 0 Å². The molecular formula is C26H42N2O6Si. The van der Waals surface area contributed by atoms with E-state index in [-0.39, 0.29) is 36.4 Å². The number of ether oxygens (including phenoxy) is 2. The molecule has 1 aromatic carbocycles. The Hall–Kier alpha value is -2.52. The van der Waals surface area contributed by atoms with Crippen molar-refractivity contribution in [1.29, 1.82) is 0 Å². The number of rotatable bonds is 11. The van der Waals surface area contributed by atoms with Crippen molar-refractivity contribution >= 4 is 26.0 Å². The van der Waals surface area contributed by atoms with E-state index in [1.807, 2.05) is 0 Å². The number of carbonyl (C=O) groups is 2. The molecule has 0 unspecified atom stereocenters. The zero-order valence-electron chi connectivity index (χ0n) is 22.2. The van der Waals surface area contributed by atoms with Crippen LogP contribution in [0.3, 0.4) is 0 Å². The average Bonchev–Trinajstić information content (AvgIpc) is 3.29. The summed E-state index contributed by atoms with van der Waals surface area (Å²) in [6.07, 6.45) is 2.31. The summed E-state index contributed by atoms with van der Waals surface area (Å²) < 4.78 is 17.7. The van der Waals surface area contributed by atoms with Gasteiger partial charge in [0, 0.05) is 12.6 Å². The van der Waals surface area contributed by atoms with E-state index in [9.17, 15) is 14.7 Å². The Kier molecular flexibility index (Phi) is 10.2. The smallest absolute Gasteiger partial charge is 0.411 e. The summed E-state index contributed by atoms with van der Waals surface area (Å²) in [6, 6.07) is 3.03. The maximum atomic E-state index is 13.5. The van der Waals surface area contributed by atoms with Gasteiger partial charge in [-0.2, -0.15) is 0 Å². The van der Waals surface area contributed by atoms with Crippen molar-refractivity contribution in [3.05, 3.63) is 30.4 Å². The third kappa shape index (κ3) is 6.19. The molecule has 0 aromatic heterocycles. The Morgan fingerprint density at radius 2 is 1.80 bits per heavy atom. The molecule has 1 saturated heterocycles. The van der Waals surface area contributed by atoms with Crippen LogP contribution in [-0.4, -0.2) is 63.2 Å². The first-order valence-corrected chi connectivity index (χ1v) is 14.5. The normalized spacial score (nSPS) is 16.1. The Balaban J connectivity index is 2.62. The predicted octanol–water partition coefficient (Wildman–Crippen LogP) is 5.58. The Labute approximate surface area is 210 Å². The Morgan fingerprint density at radius 1 is 1.17 bits per heavy atom. The topological polar surface area (TPSA) is 97.3 Å². The van der Waals surface area contributed by atoms with Crippen LogP contribution in [0.4, 0.5) is 10.5 Å². The average molecular weight is 507 g/mol. The fraction of sp³-hybridized carbons (Fsp3) is 0.615. The molecule has 2 amide bonds. The fourth-order valence-corrected chi connectivity index (χ4v) is 10.6. The van der Waals surface area contributed by atoms with Crippen molar-refractivity contribution < 1.29 is 28.6 Å². The second kappa shape index (κ2) is 12.4. The molecule has 2 rings (SSSR count). The van der Waals surface area contributed by atoms with Crippen LogP contribution in [0.25, 0.3) is 0 Å². The highest BCUT2D eigenvalue weighted by atomic mass is 28.4. The van der Waals surface area contributed by atoms with E-state index in [0.29, 0.717) is 34.7 Å². The summed E-state index contributed by atoms with van der Waals surface area (Å²) in [7, 11) is -0.813. The molecule has 8 nitrogen and oxygen atoms in total. The lowest BCUT2D eigenvalue weighted by Gasteiger charge is -2.42. The fourth-order valence-electron chi connectivity index (χ4n) is 5.35. The van der Waals surface area contributed by atoms with Gasteiger partial charge in [0.2, 0.25) is 0 Å². The number of anilines is 1. The van der Waals surface area contributed by atoms with E-state index in [1.165, 1.54) is 13.2 Å². The highest BCUT2D eigenvalue weighted by Crippen LogP contribution is 2.46. The van der Waals surface area contributed by atoms with Gasteiger partial charge < -0.3 is 23.9 Å². The number of nitrogens with zero attached hydrogens (tertiary/aromatic N) is 1. The summed E-state index contributed by atoms with van der Waals surface area (Å²) in [5, 5.41) is 12.4. The lowest BCUT2D eigenvalue weighted by Crippen LogP contribution is -2.50. The highest BCUT2D eigenvalue weighted by Gasteiger charge is 2.47. The van der Waals surface area contributed by atoms with Crippen molar-refractivity contribution in [3.8, 4) is 11.5 Å². The van der Waals surface area contributed by atoms with Crippen LogP contribution >= 0.6 is 0 Å². The van der Waals surface area contributed by atoms with Crippen molar-refractivity contribution in [3.63, 3.8) is 0 Å². The van der Waals surface area contributed by atoms with Crippen LogP contribution in [0.15, 0.2) is 24.8 Å². The van der Waals surface area contributed by atoms with Crippen LogP contribution in [0.5, 0.6) is 11.5 Å². The number of nitrogens with one attached hydrogen (secondary N) is 1. The molecule has 1 aromatic rings. The number of carbonyl (C=O) groups excluding carboxylic acids is 2.